The van der Waals surface area contributed by atoms with Crippen molar-refractivity contribution >= 4 is 11.3 Å². The van der Waals surface area contributed by atoms with E-state index in [1.54, 1.807) is 11.3 Å². The van der Waals surface area contributed by atoms with Crippen molar-refractivity contribution in [3.63, 3.8) is 0 Å². The Labute approximate surface area is 111 Å². The zero-order valence-electron chi connectivity index (χ0n) is 10.4. The van der Waals surface area contributed by atoms with Gasteiger partial charge < -0.3 is 0 Å². The standard InChI is InChI=1S/C13H18N4S/c1-2-7-16(9-10-17-8-3-5-15-17)12(4-1)13-14-6-11-18-13/h3,5-6,8,11-12H,1-2,4,7,9-10H2. The van der Waals surface area contributed by atoms with E-state index in [0.29, 0.717) is 6.04 Å². The largest absolute Gasteiger partial charge is 0.292 e. The molecule has 1 saturated heterocycles. The van der Waals surface area contributed by atoms with Crippen molar-refractivity contribution in [3.05, 3.63) is 35.0 Å². The predicted octanol–water partition coefficient (Wildman–Crippen LogP) is 2.57. The van der Waals surface area contributed by atoms with E-state index in [0.717, 1.165) is 13.1 Å². The second-order valence-electron chi connectivity index (χ2n) is 4.69. The van der Waals surface area contributed by atoms with Crippen molar-refractivity contribution in [2.45, 2.75) is 31.8 Å². The molecule has 3 heterocycles. The monoisotopic (exact) mass is 262 g/mol. The lowest BCUT2D eigenvalue weighted by Gasteiger charge is -2.34. The minimum absolute atomic E-state index is 0.523. The van der Waals surface area contributed by atoms with Crippen LogP contribution in [0.25, 0.3) is 0 Å². The fraction of sp³-hybridized carbons (Fsp3) is 0.538. The number of nitrogens with zero attached hydrogens (tertiary/aromatic N) is 4. The molecule has 5 heteroatoms. The molecule has 0 aromatic carbocycles. The van der Waals surface area contributed by atoms with Crippen LogP contribution in [0.15, 0.2) is 30.0 Å². The van der Waals surface area contributed by atoms with Gasteiger partial charge in [0.2, 0.25) is 0 Å². The summed E-state index contributed by atoms with van der Waals surface area (Å²) in [6, 6.07) is 2.50. The van der Waals surface area contributed by atoms with Crippen LogP contribution in [0.5, 0.6) is 0 Å². The van der Waals surface area contributed by atoms with Gasteiger partial charge in [-0.25, -0.2) is 4.98 Å². The van der Waals surface area contributed by atoms with Crippen LogP contribution >= 0.6 is 11.3 Å². The molecule has 4 nitrogen and oxygen atoms in total. The van der Waals surface area contributed by atoms with Gasteiger partial charge in [0.25, 0.3) is 0 Å². The molecule has 1 fully saturated rings. The van der Waals surface area contributed by atoms with Gasteiger partial charge in [0.05, 0.1) is 12.6 Å². The Bertz CT molecular complexity index is 451. The molecule has 1 aliphatic heterocycles. The van der Waals surface area contributed by atoms with Gasteiger partial charge in [0.15, 0.2) is 0 Å². The van der Waals surface area contributed by atoms with Crippen LogP contribution in [-0.4, -0.2) is 32.8 Å². The van der Waals surface area contributed by atoms with E-state index in [4.69, 9.17) is 0 Å². The highest BCUT2D eigenvalue weighted by Gasteiger charge is 2.25. The van der Waals surface area contributed by atoms with Gasteiger partial charge in [-0.2, -0.15) is 5.10 Å². The molecule has 1 unspecified atom stereocenters. The Morgan fingerprint density at radius 1 is 1.28 bits per heavy atom. The van der Waals surface area contributed by atoms with Gasteiger partial charge in [0.1, 0.15) is 5.01 Å². The summed E-state index contributed by atoms with van der Waals surface area (Å²) in [6.07, 6.45) is 9.66. The van der Waals surface area contributed by atoms with E-state index in [9.17, 15) is 0 Å². The van der Waals surface area contributed by atoms with Crippen LogP contribution in [0.3, 0.4) is 0 Å². The second kappa shape index (κ2) is 5.63. The molecule has 0 saturated carbocycles. The maximum atomic E-state index is 4.49. The maximum Gasteiger partial charge on any atom is 0.110 e. The molecule has 96 valence electrons. The summed E-state index contributed by atoms with van der Waals surface area (Å²) in [6.45, 7) is 3.21. The average molecular weight is 262 g/mol. The molecule has 0 amide bonds. The van der Waals surface area contributed by atoms with Gasteiger partial charge in [-0.1, -0.05) is 6.42 Å². The summed E-state index contributed by atoms with van der Waals surface area (Å²) in [7, 11) is 0. The lowest BCUT2D eigenvalue weighted by atomic mass is 10.0. The minimum Gasteiger partial charge on any atom is -0.292 e. The smallest absolute Gasteiger partial charge is 0.110 e. The van der Waals surface area contributed by atoms with Gasteiger partial charge in [-0.3, -0.25) is 9.58 Å². The van der Waals surface area contributed by atoms with Crippen molar-refractivity contribution in [1.29, 1.82) is 0 Å². The van der Waals surface area contributed by atoms with Gasteiger partial charge in [-0.05, 0) is 25.5 Å². The molecule has 0 bridgehead atoms. The van der Waals surface area contributed by atoms with Gasteiger partial charge in [-0.15, -0.1) is 11.3 Å². The average Bonchev–Trinajstić information content (AvgIpc) is 3.10. The molecule has 1 atom stereocenters. The van der Waals surface area contributed by atoms with Crippen LogP contribution in [0, 0.1) is 0 Å². The number of likely N-dealkylation sites (tertiary alicyclic amines) is 1. The first-order chi connectivity index (χ1) is 8.93. The zero-order valence-corrected chi connectivity index (χ0v) is 11.2. The first-order valence-electron chi connectivity index (χ1n) is 6.54. The van der Waals surface area contributed by atoms with Crippen LogP contribution in [0.4, 0.5) is 0 Å². The third-order valence-corrected chi connectivity index (χ3v) is 4.40. The van der Waals surface area contributed by atoms with E-state index in [2.05, 4.69) is 20.4 Å². The normalized spacial score (nSPS) is 21.2. The number of hydrogen-bond donors (Lipinski definition) is 0. The number of piperidine rings is 1. The summed E-state index contributed by atoms with van der Waals surface area (Å²) in [4.78, 5) is 7.05. The molecule has 0 aliphatic carbocycles. The van der Waals surface area contributed by atoms with Crippen molar-refractivity contribution < 1.29 is 0 Å². The summed E-state index contributed by atoms with van der Waals surface area (Å²) in [5, 5.41) is 7.62. The van der Waals surface area contributed by atoms with Gasteiger partial charge >= 0.3 is 0 Å². The number of thiazole rings is 1. The Morgan fingerprint density at radius 3 is 3.06 bits per heavy atom. The Morgan fingerprint density at radius 2 is 2.28 bits per heavy atom. The SMILES string of the molecule is c1cnn(CCN2CCCCC2c2nccs2)c1. The van der Waals surface area contributed by atoms with Crippen molar-refractivity contribution in [2.24, 2.45) is 0 Å². The molecule has 2 aromatic heterocycles. The third kappa shape index (κ3) is 2.62. The summed E-state index contributed by atoms with van der Waals surface area (Å²) in [5.74, 6) is 0. The molecule has 18 heavy (non-hydrogen) atoms. The van der Waals surface area contributed by atoms with E-state index in [1.807, 2.05) is 29.3 Å². The first kappa shape index (κ1) is 11.9. The van der Waals surface area contributed by atoms with Crippen LogP contribution in [0.2, 0.25) is 0 Å². The quantitative estimate of drug-likeness (QED) is 0.849. The van der Waals surface area contributed by atoms with E-state index in [-0.39, 0.29) is 0 Å². The zero-order chi connectivity index (χ0) is 12.2. The molecule has 3 rings (SSSR count). The van der Waals surface area contributed by atoms with Crippen molar-refractivity contribution in [3.8, 4) is 0 Å². The van der Waals surface area contributed by atoms with Crippen LogP contribution < -0.4 is 0 Å². The molecular weight excluding hydrogens is 244 g/mol. The van der Waals surface area contributed by atoms with Gasteiger partial charge in [0, 0.05) is 30.5 Å². The maximum absolute atomic E-state index is 4.49. The molecule has 1 aliphatic rings. The first-order valence-corrected chi connectivity index (χ1v) is 7.42. The highest BCUT2D eigenvalue weighted by atomic mass is 32.1. The lowest BCUT2D eigenvalue weighted by molar-refractivity contribution is 0.141. The fourth-order valence-corrected chi connectivity index (χ4v) is 3.41. The van der Waals surface area contributed by atoms with E-state index < -0.39 is 0 Å². The second-order valence-corrected chi connectivity index (χ2v) is 5.61. The minimum atomic E-state index is 0.523. The Balaban J connectivity index is 1.65. The Hall–Kier alpha value is -1.20. The number of rotatable bonds is 4. The van der Waals surface area contributed by atoms with Crippen LogP contribution in [-0.2, 0) is 6.54 Å². The lowest BCUT2D eigenvalue weighted by Crippen LogP contribution is -2.35. The topological polar surface area (TPSA) is 34.0 Å². The van der Waals surface area contributed by atoms with E-state index in [1.165, 1.54) is 30.8 Å². The van der Waals surface area contributed by atoms with Crippen molar-refractivity contribution in [2.75, 3.05) is 13.1 Å². The highest BCUT2D eigenvalue weighted by molar-refractivity contribution is 7.09. The Kier molecular flexibility index (Phi) is 3.71. The predicted molar refractivity (Wildman–Crippen MR) is 72.5 cm³/mol. The number of aromatic nitrogens is 3. The molecule has 0 N–H and O–H groups in total. The van der Waals surface area contributed by atoms with E-state index >= 15 is 0 Å². The number of hydrogen-bond acceptors (Lipinski definition) is 4. The molecule has 2 aromatic rings. The molecule has 0 radical (unpaired) electrons. The van der Waals surface area contributed by atoms with Crippen molar-refractivity contribution in [1.82, 2.24) is 19.7 Å². The summed E-state index contributed by atoms with van der Waals surface area (Å²) < 4.78 is 2.01. The third-order valence-electron chi connectivity index (χ3n) is 3.53. The molecule has 0 spiro atoms. The summed E-state index contributed by atoms with van der Waals surface area (Å²) in [5.41, 5.74) is 0. The molecular formula is C13H18N4S. The van der Waals surface area contributed by atoms with Crippen LogP contribution in [0.1, 0.15) is 30.3 Å². The summed E-state index contributed by atoms with van der Waals surface area (Å²) >= 11 is 1.78. The highest BCUT2D eigenvalue weighted by Crippen LogP contribution is 2.31. The fourth-order valence-electron chi connectivity index (χ4n) is 2.60.